The van der Waals surface area contributed by atoms with Gasteiger partial charge in [-0.1, -0.05) is 120 Å². The summed E-state index contributed by atoms with van der Waals surface area (Å²) in [5.74, 6) is 0. The van der Waals surface area contributed by atoms with Gasteiger partial charge in [0.1, 0.15) is 0 Å². The zero-order valence-electron chi connectivity index (χ0n) is 25.5. The molecule has 0 spiro atoms. The van der Waals surface area contributed by atoms with Crippen molar-refractivity contribution in [1.82, 2.24) is 0 Å². The van der Waals surface area contributed by atoms with Gasteiger partial charge in [0.15, 0.2) is 0 Å². The third-order valence-corrected chi connectivity index (χ3v) is 21.4. The van der Waals surface area contributed by atoms with Crippen LogP contribution in [0.3, 0.4) is 0 Å². The maximum atomic E-state index is 7.13. The van der Waals surface area contributed by atoms with Gasteiger partial charge in [0, 0.05) is 23.0 Å². The van der Waals surface area contributed by atoms with Crippen molar-refractivity contribution in [3.63, 3.8) is 0 Å². The second-order valence-corrected chi connectivity index (χ2v) is 21.4. The molecule has 2 unspecified atom stereocenters. The molecule has 212 valence electrons. The third kappa shape index (κ3) is 13.4. The molecule has 0 N–H and O–H groups in total. The van der Waals surface area contributed by atoms with E-state index >= 15 is 0 Å². The van der Waals surface area contributed by atoms with Gasteiger partial charge in [0.25, 0.3) is 0 Å². The summed E-state index contributed by atoms with van der Waals surface area (Å²) in [6.07, 6.45) is 18.1. The van der Waals surface area contributed by atoms with Gasteiger partial charge in [-0.25, -0.2) is 0 Å². The molecule has 0 aliphatic carbocycles. The Kier molecular flexibility index (Phi) is 23.1. The van der Waals surface area contributed by atoms with Gasteiger partial charge in [-0.15, -0.1) is 0 Å². The van der Waals surface area contributed by atoms with Crippen molar-refractivity contribution in [3.8, 4) is 0 Å². The fraction of sp³-hybridized carbons (Fsp3) is 1.00. The fourth-order valence-corrected chi connectivity index (χ4v) is 21.3. The van der Waals surface area contributed by atoms with Gasteiger partial charge < -0.3 is 8.85 Å². The molecule has 0 rings (SSSR count). The SMILES string of the molecule is CCCC[Si](CCCC)(OCCC)C(CCC)SC(CCC)[Si](CCCC)(CCCC)OCCC. The molecule has 0 aromatic carbocycles. The Morgan fingerprint density at radius 2 is 0.771 bits per heavy atom. The van der Waals surface area contributed by atoms with E-state index in [0.717, 1.165) is 35.8 Å². The molecule has 0 amide bonds. The number of hydrogen-bond donors (Lipinski definition) is 0. The second-order valence-electron chi connectivity index (χ2n) is 10.9. The fourth-order valence-electron chi connectivity index (χ4n) is 5.52. The first-order valence-corrected chi connectivity index (χ1v) is 21.7. The Morgan fingerprint density at radius 3 is 1.00 bits per heavy atom. The molecule has 2 nitrogen and oxygen atoms in total. The highest BCUT2D eigenvalue weighted by atomic mass is 32.2. The molecule has 0 saturated carbocycles. The smallest absolute Gasteiger partial charge is 0.205 e. The molecular formula is C30H66O2SSi2. The van der Waals surface area contributed by atoms with E-state index in [9.17, 15) is 0 Å². The van der Waals surface area contributed by atoms with Gasteiger partial charge in [0.2, 0.25) is 16.6 Å². The van der Waals surface area contributed by atoms with Gasteiger partial charge in [-0.2, -0.15) is 11.8 Å². The summed E-state index contributed by atoms with van der Waals surface area (Å²) < 4.78 is 14.3. The molecule has 0 heterocycles. The minimum Gasteiger partial charge on any atom is -0.416 e. The summed E-state index contributed by atoms with van der Waals surface area (Å²) in [5.41, 5.74) is 0. The lowest BCUT2D eigenvalue weighted by atomic mass is 10.4. The topological polar surface area (TPSA) is 18.5 Å². The Balaban J connectivity index is 6.40. The summed E-state index contributed by atoms with van der Waals surface area (Å²) in [6.45, 7) is 20.8. The predicted octanol–water partition coefficient (Wildman–Crippen LogP) is 11.1. The Bertz CT molecular complexity index is 380. The number of hydrogen-bond acceptors (Lipinski definition) is 3. The van der Waals surface area contributed by atoms with E-state index in [4.69, 9.17) is 8.85 Å². The van der Waals surface area contributed by atoms with E-state index in [0.29, 0.717) is 0 Å². The monoisotopic (exact) mass is 546 g/mol. The maximum absolute atomic E-state index is 7.13. The predicted molar refractivity (Wildman–Crippen MR) is 168 cm³/mol. The van der Waals surface area contributed by atoms with Crippen molar-refractivity contribution in [2.45, 2.75) is 179 Å². The maximum Gasteiger partial charge on any atom is 0.205 e. The quantitative estimate of drug-likeness (QED) is 0.100. The van der Waals surface area contributed by atoms with Crippen LogP contribution in [0.15, 0.2) is 0 Å². The molecular weight excluding hydrogens is 481 g/mol. The molecule has 0 saturated heterocycles. The van der Waals surface area contributed by atoms with Crippen molar-refractivity contribution < 1.29 is 8.85 Å². The van der Waals surface area contributed by atoms with E-state index < -0.39 is 16.6 Å². The molecule has 0 aromatic rings. The molecule has 0 aliphatic rings. The van der Waals surface area contributed by atoms with Crippen LogP contribution in [0, 0.1) is 0 Å². The summed E-state index contributed by atoms with van der Waals surface area (Å²) in [4.78, 5) is 1.46. The van der Waals surface area contributed by atoms with Crippen LogP contribution >= 0.6 is 11.8 Å². The normalized spacial score (nSPS) is 14.4. The van der Waals surface area contributed by atoms with Gasteiger partial charge >= 0.3 is 0 Å². The number of thioether (sulfide) groups is 1. The van der Waals surface area contributed by atoms with Crippen LogP contribution in [-0.4, -0.2) is 39.6 Å². The Labute approximate surface area is 229 Å². The lowest BCUT2D eigenvalue weighted by Crippen LogP contribution is -2.54. The average Bonchev–Trinajstić information content (AvgIpc) is 2.87. The van der Waals surface area contributed by atoms with E-state index in [1.165, 1.54) is 101 Å². The van der Waals surface area contributed by atoms with Gasteiger partial charge in [-0.3, -0.25) is 0 Å². The Morgan fingerprint density at radius 1 is 0.457 bits per heavy atom. The van der Waals surface area contributed by atoms with Crippen molar-refractivity contribution in [2.24, 2.45) is 0 Å². The van der Waals surface area contributed by atoms with Crippen molar-refractivity contribution in [2.75, 3.05) is 13.2 Å². The highest BCUT2D eigenvalue weighted by Gasteiger charge is 2.48. The molecule has 0 fully saturated rings. The second kappa shape index (κ2) is 22.7. The third-order valence-electron chi connectivity index (χ3n) is 7.61. The lowest BCUT2D eigenvalue weighted by Gasteiger charge is -2.45. The van der Waals surface area contributed by atoms with Crippen LogP contribution < -0.4 is 0 Å². The van der Waals surface area contributed by atoms with Crippen molar-refractivity contribution >= 4 is 28.4 Å². The molecule has 2 atom stereocenters. The van der Waals surface area contributed by atoms with E-state index in [1.54, 1.807) is 0 Å². The summed E-state index contributed by atoms with van der Waals surface area (Å²) in [5, 5.41) is 0. The minimum atomic E-state index is -1.84. The van der Waals surface area contributed by atoms with Crippen LogP contribution in [0.2, 0.25) is 24.2 Å². The zero-order valence-corrected chi connectivity index (χ0v) is 28.3. The largest absolute Gasteiger partial charge is 0.416 e. The first kappa shape index (κ1) is 35.7. The molecule has 5 heteroatoms. The van der Waals surface area contributed by atoms with Crippen molar-refractivity contribution in [1.29, 1.82) is 0 Å². The van der Waals surface area contributed by atoms with Crippen LogP contribution in [0.25, 0.3) is 0 Å². The summed E-state index contributed by atoms with van der Waals surface area (Å²) in [7, 11) is -3.69. The Hall–Kier alpha value is 0.704. The average molecular weight is 547 g/mol. The first-order valence-electron chi connectivity index (χ1n) is 15.9. The highest BCUT2D eigenvalue weighted by Crippen LogP contribution is 2.44. The van der Waals surface area contributed by atoms with Gasteiger partial charge in [-0.05, 0) is 49.9 Å². The lowest BCUT2D eigenvalue weighted by molar-refractivity contribution is 0.290. The van der Waals surface area contributed by atoms with E-state index in [2.05, 4.69) is 67.2 Å². The van der Waals surface area contributed by atoms with Gasteiger partial charge in [0.05, 0.1) is 0 Å². The number of unbranched alkanes of at least 4 members (excludes halogenated alkanes) is 4. The molecule has 0 bridgehead atoms. The molecule has 0 radical (unpaired) electrons. The van der Waals surface area contributed by atoms with Crippen LogP contribution in [0.5, 0.6) is 0 Å². The van der Waals surface area contributed by atoms with Crippen LogP contribution in [0.1, 0.15) is 145 Å². The molecule has 35 heavy (non-hydrogen) atoms. The number of rotatable bonds is 26. The molecule has 0 aliphatic heterocycles. The highest BCUT2D eigenvalue weighted by molar-refractivity contribution is 8.03. The molecule has 0 aromatic heterocycles. The van der Waals surface area contributed by atoms with E-state index in [1.807, 2.05) is 0 Å². The standard InChI is InChI=1S/C30H66O2SSi2/c1-9-17-25-34(26-18-10-2,31-23-15-7)29(21-13-5)33-30(22-14-6)35(27-19-11-3,28-20-12-4)32-24-16-8/h29-30H,9-28H2,1-8H3. The van der Waals surface area contributed by atoms with E-state index in [-0.39, 0.29) is 0 Å². The zero-order chi connectivity index (χ0) is 26.4. The first-order chi connectivity index (χ1) is 17.0. The van der Waals surface area contributed by atoms with Crippen molar-refractivity contribution in [3.05, 3.63) is 0 Å². The van der Waals surface area contributed by atoms with Crippen LogP contribution in [0.4, 0.5) is 0 Å². The minimum absolute atomic E-state index is 0.731. The summed E-state index contributed by atoms with van der Waals surface area (Å²) >= 11 is 2.43. The summed E-state index contributed by atoms with van der Waals surface area (Å²) in [6, 6.07) is 5.48. The van der Waals surface area contributed by atoms with Crippen LogP contribution in [-0.2, 0) is 8.85 Å².